The summed E-state index contributed by atoms with van der Waals surface area (Å²) in [6.07, 6.45) is 3.96. The average molecular weight is 96.1 g/mol. The van der Waals surface area contributed by atoms with Crippen LogP contribution in [0.1, 0.15) is 13.3 Å². The van der Waals surface area contributed by atoms with Crippen LogP contribution in [0.5, 0.6) is 0 Å². The molecule has 0 aromatic heterocycles. The fraction of sp³-hybridized carbons (Fsp3) is 0.600. The molecule has 38 valence electrons. The second-order valence-corrected chi connectivity index (χ2v) is 1.55. The van der Waals surface area contributed by atoms with E-state index in [0.717, 1.165) is 6.42 Å². The maximum absolute atomic E-state index is 3.68. The highest BCUT2D eigenvalue weighted by atomic mass is 15.3. The average Bonchev–Trinajstić information content (AvgIpc) is 2.14. The Labute approximate surface area is 43.6 Å². The first-order chi connectivity index (χ1) is 3.43. The Morgan fingerprint density at radius 2 is 2.86 bits per heavy atom. The summed E-state index contributed by atoms with van der Waals surface area (Å²) in [6, 6.07) is 0. The Hall–Kier alpha value is -0.530. The van der Waals surface area contributed by atoms with Gasteiger partial charge in [-0.3, -0.25) is 0 Å². The zero-order chi connectivity index (χ0) is 5.11. The number of rotatable bonds is 1. The molecule has 0 saturated heterocycles. The summed E-state index contributed by atoms with van der Waals surface area (Å²) in [5, 5.41) is 3.68. The van der Waals surface area contributed by atoms with Gasteiger partial charge in [-0.2, -0.15) is 5.10 Å². The molecule has 1 aliphatic rings. The highest BCUT2D eigenvalue weighted by Gasteiger charge is 2.06. The Bertz CT molecular complexity index is 78.1. The quantitative estimate of drug-likeness (QED) is 0.509. The summed E-state index contributed by atoms with van der Waals surface area (Å²) < 4.78 is 0. The largest absolute Gasteiger partial charge is 0.304 e. The van der Waals surface area contributed by atoms with Gasteiger partial charge in [0.15, 0.2) is 0 Å². The molecule has 0 aliphatic carbocycles. The van der Waals surface area contributed by atoms with Crippen LogP contribution >= 0.6 is 0 Å². The summed E-state index contributed by atoms with van der Waals surface area (Å²) in [5.41, 5.74) is 2.71. The van der Waals surface area contributed by atoms with E-state index >= 15 is 0 Å². The lowest BCUT2D eigenvalue weighted by Crippen LogP contribution is -2.00. The molecular weight excluding hydrogens is 88.1 g/mol. The third-order valence-electron chi connectivity index (χ3n) is 1.01. The van der Waals surface area contributed by atoms with Gasteiger partial charge in [-0.15, -0.1) is 0 Å². The molecule has 0 bridgehead atoms. The van der Waals surface area contributed by atoms with Gasteiger partial charge in [0.1, 0.15) is 0 Å². The van der Waals surface area contributed by atoms with E-state index in [9.17, 15) is 0 Å². The van der Waals surface area contributed by atoms with E-state index < -0.39 is 0 Å². The van der Waals surface area contributed by atoms with Crippen molar-refractivity contribution in [2.24, 2.45) is 11.0 Å². The summed E-state index contributed by atoms with van der Waals surface area (Å²) in [5.74, 6) is 0.444. The molecule has 0 spiro atoms. The van der Waals surface area contributed by atoms with E-state index in [1.54, 1.807) is 0 Å². The van der Waals surface area contributed by atoms with E-state index in [1.165, 1.54) is 0 Å². The predicted molar refractivity (Wildman–Crippen MR) is 28.7 cm³/mol. The first-order valence-corrected chi connectivity index (χ1v) is 2.47. The van der Waals surface area contributed by atoms with E-state index in [4.69, 9.17) is 0 Å². The highest BCUT2D eigenvalue weighted by Crippen LogP contribution is 2.04. The third-order valence-corrected chi connectivity index (χ3v) is 1.01. The Morgan fingerprint density at radius 1 is 2.00 bits per heavy atom. The van der Waals surface area contributed by atoms with Crippen molar-refractivity contribution in [3.05, 3.63) is 6.54 Å². The highest BCUT2D eigenvalue weighted by molar-refractivity contribution is 5.63. The van der Waals surface area contributed by atoms with Crippen LogP contribution in [-0.4, -0.2) is 6.21 Å². The molecule has 2 heteroatoms. The van der Waals surface area contributed by atoms with E-state index in [-0.39, 0.29) is 0 Å². The van der Waals surface area contributed by atoms with Crippen LogP contribution in [0.2, 0.25) is 0 Å². The zero-order valence-electron chi connectivity index (χ0n) is 4.31. The summed E-state index contributed by atoms with van der Waals surface area (Å²) in [7, 11) is 0. The van der Waals surface area contributed by atoms with Crippen molar-refractivity contribution in [3.63, 3.8) is 0 Å². The SMILES string of the molecule is CCC1[C]=NN[CH]1. The smallest absolute Gasteiger partial charge is 0.0891 e. The first kappa shape index (κ1) is 4.62. The third kappa shape index (κ3) is 0.918. The fourth-order valence-corrected chi connectivity index (χ4v) is 0.494. The Balaban J connectivity index is 2.28. The lowest BCUT2D eigenvalue weighted by atomic mass is 10.1. The summed E-state index contributed by atoms with van der Waals surface area (Å²) in [4.78, 5) is 0. The van der Waals surface area contributed by atoms with Gasteiger partial charge in [0.25, 0.3) is 0 Å². The molecule has 0 saturated carbocycles. The normalized spacial score (nSPS) is 27.9. The monoisotopic (exact) mass is 96.1 g/mol. The molecule has 1 heterocycles. The van der Waals surface area contributed by atoms with E-state index in [2.05, 4.69) is 23.7 Å². The van der Waals surface area contributed by atoms with Gasteiger partial charge in [0.05, 0.1) is 12.8 Å². The molecule has 1 atom stereocenters. The van der Waals surface area contributed by atoms with Crippen molar-refractivity contribution < 1.29 is 0 Å². The Kier molecular flexibility index (Phi) is 1.29. The topological polar surface area (TPSA) is 24.4 Å². The van der Waals surface area contributed by atoms with Crippen molar-refractivity contribution in [1.29, 1.82) is 0 Å². The maximum atomic E-state index is 3.68. The van der Waals surface area contributed by atoms with Gasteiger partial charge in [-0.25, -0.2) is 0 Å². The molecule has 7 heavy (non-hydrogen) atoms. The molecule has 1 rings (SSSR count). The molecule has 0 aromatic rings. The molecule has 0 amide bonds. The van der Waals surface area contributed by atoms with Crippen molar-refractivity contribution in [2.45, 2.75) is 13.3 Å². The van der Waals surface area contributed by atoms with Crippen molar-refractivity contribution in [2.75, 3.05) is 0 Å². The second kappa shape index (κ2) is 1.96. The molecule has 1 aliphatic heterocycles. The fourth-order valence-electron chi connectivity index (χ4n) is 0.494. The Morgan fingerprint density at radius 3 is 3.14 bits per heavy atom. The van der Waals surface area contributed by atoms with Crippen molar-refractivity contribution >= 4 is 6.21 Å². The van der Waals surface area contributed by atoms with Crippen LogP contribution in [0.4, 0.5) is 0 Å². The predicted octanol–water partition coefficient (Wildman–Crippen LogP) is 0.640. The number of nitrogens with one attached hydrogen (secondary N) is 1. The molecule has 1 N–H and O–H groups in total. The minimum atomic E-state index is 0.444. The molecule has 0 fully saturated rings. The molecule has 2 nitrogen and oxygen atoms in total. The van der Waals surface area contributed by atoms with Gasteiger partial charge < -0.3 is 5.43 Å². The van der Waals surface area contributed by atoms with Crippen molar-refractivity contribution in [1.82, 2.24) is 5.43 Å². The molecular formula is C5H8N2. The van der Waals surface area contributed by atoms with Crippen LogP contribution < -0.4 is 5.43 Å². The number of hydrazone groups is 1. The minimum absolute atomic E-state index is 0.444. The van der Waals surface area contributed by atoms with Crippen LogP contribution in [0.3, 0.4) is 0 Å². The van der Waals surface area contributed by atoms with Crippen LogP contribution in [0, 0.1) is 12.5 Å². The van der Waals surface area contributed by atoms with Gasteiger partial charge >= 0.3 is 0 Å². The van der Waals surface area contributed by atoms with Crippen LogP contribution in [0.25, 0.3) is 0 Å². The van der Waals surface area contributed by atoms with Gasteiger partial charge in [0.2, 0.25) is 0 Å². The number of hydrogen-bond donors (Lipinski definition) is 1. The number of hydrogen-bond acceptors (Lipinski definition) is 2. The maximum Gasteiger partial charge on any atom is 0.0891 e. The van der Waals surface area contributed by atoms with Gasteiger partial charge in [0, 0.05) is 5.92 Å². The van der Waals surface area contributed by atoms with E-state index in [0.29, 0.717) is 5.92 Å². The van der Waals surface area contributed by atoms with Gasteiger partial charge in [-0.05, 0) is 6.42 Å². The van der Waals surface area contributed by atoms with Crippen molar-refractivity contribution in [3.8, 4) is 0 Å². The standard InChI is InChI=1S/C5H8N2/c1-2-5-3-6-7-4-5/h3,5-6H,2H2,1H3. The van der Waals surface area contributed by atoms with E-state index in [1.807, 2.05) is 6.54 Å². The lowest BCUT2D eigenvalue weighted by Gasteiger charge is -1.93. The lowest BCUT2D eigenvalue weighted by molar-refractivity contribution is 0.737. The number of nitrogens with zero attached hydrogens (tertiary/aromatic N) is 1. The summed E-state index contributed by atoms with van der Waals surface area (Å²) in [6.45, 7) is 4.04. The second-order valence-electron chi connectivity index (χ2n) is 1.55. The minimum Gasteiger partial charge on any atom is -0.304 e. The molecule has 1 unspecified atom stereocenters. The van der Waals surface area contributed by atoms with Gasteiger partial charge in [-0.1, -0.05) is 6.92 Å². The first-order valence-electron chi connectivity index (χ1n) is 2.47. The molecule has 0 aromatic carbocycles. The summed E-state index contributed by atoms with van der Waals surface area (Å²) >= 11 is 0. The molecule has 2 radical (unpaired) electrons. The van der Waals surface area contributed by atoms with Crippen LogP contribution in [-0.2, 0) is 0 Å². The van der Waals surface area contributed by atoms with Crippen LogP contribution in [0.15, 0.2) is 5.10 Å². The zero-order valence-corrected chi connectivity index (χ0v) is 4.31.